The highest BCUT2D eigenvalue weighted by Crippen LogP contribution is 2.12. The summed E-state index contributed by atoms with van der Waals surface area (Å²) in [6, 6.07) is 6.75. The first kappa shape index (κ1) is 8.37. The van der Waals surface area contributed by atoms with Crippen molar-refractivity contribution in [2.75, 3.05) is 0 Å². The number of thiol groups is 1. The second-order valence-electron chi connectivity index (χ2n) is 1.52. The van der Waals surface area contributed by atoms with E-state index >= 15 is 0 Å². The molecule has 2 heteroatoms. The lowest BCUT2D eigenvalue weighted by Crippen LogP contribution is -1.62. The highest BCUT2D eigenvalue weighted by atomic mass is 32.1. The standard InChI is InChI=1S/C6H6OS.CH4/c7-5-2-1-3-6(8)4-5;/h1-4,7-8H;1H4. The molecular weight excluding hydrogens is 132 g/mol. The molecule has 0 saturated heterocycles. The van der Waals surface area contributed by atoms with E-state index < -0.39 is 0 Å². The third-order valence-corrected chi connectivity index (χ3v) is 1.11. The molecule has 0 aliphatic carbocycles. The van der Waals surface area contributed by atoms with Gasteiger partial charge >= 0.3 is 0 Å². The van der Waals surface area contributed by atoms with Crippen molar-refractivity contribution in [2.45, 2.75) is 12.3 Å². The molecule has 0 heterocycles. The summed E-state index contributed by atoms with van der Waals surface area (Å²) in [7, 11) is 0. The van der Waals surface area contributed by atoms with E-state index in [0.29, 0.717) is 0 Å². The average molecular weight is 142 g/mol. The van der Waals surface area contributed by atoms with Gasteiger partial charge in [-0.15, -0.1) is 12.6 Å². The van der Waals surface area contributed by atoms with Crippen molar-refractivity contribution < 1.29 is 5.11 Å². The zero-order valence-electron chi connectivity index (χ0n) is 4.20. The number of hydrogen-bond donors (Lipinski definition) is 2. The summed E-state index contributed by atoms with van der Waals surface area (Å²) in [5, 5.41) is 8.76. The minimum Gasteiger partial charge on any atom is -0.508 e. The predicted octanol–water partition coefficient (Wildman–Crippen LogP) is 2.32. The third kappa shape index (κ3) is 2.42. The Morgan fingerprint density at radius 1 is 1.33 bits per heavy atom. The lowest BCUT2D eigenvalue weighted by molar-refractivity contribution is 0.474. The Morgan fingerprint density at radius 2 is 2.00 bits per heavy atom. The molecule has 1 rings (SSSR count). The lowest BCUT2D eigenvalue weighted by atomic mass is 10.3. The molecule has 0 aliphatic heterocycles. The Morgan fingerprint density at radius 3 is 2.33 bits per heavy atom. The van der Waals surface area contributed by atoms with Gasteiger partial charge in [-0.2, -0.15) is 0 Å². The van der Waals surface area contributed by atoms with Gasteiger partial charge in [0.15, 0.2) is 0 Å². The van der Waals surface area contributed by atoms with Crippen molar-refractivity contribution in [2.24, 2.45) is 0 Å². The maximum atomic E-state index is 8.76. The highest BCUT2D eigenvalue weighted by Gasteiger charge is 1.83. The SMILES string of the molecule is C.Oc1cccc(S)c1. The maximum Gasteiger partial charge on any atom is 0.116 e. The van der Waals surface area contributed by atoms with Crippen LogP contribution in [0, 0.1) is 0 Å². The van der Waals surface area contributed by atoms with E-state index in [1.165, 1.54) is 0 Å². The van der Waals surface area contributed by atoms with Crippen molar-refractivity contribution in [3.8, 4) is 5.75 Å². The summed E-state index contributed by atoms with van der Waals surface area (Å²) in [5.41, 5.74) is 0. The fourth-order valence-electron chi connectivity index (χ4n) is 0.493. The van der Waals surface area contributed by atoms with Gasteiger partial charge in [-0.3, -0.25) is 0 Å². The summed E-state index contributed by atoms with van der Waals surface area (Å²) in [4.78, 5) is 0.782. The van der Waals surface area contributed by atoms with Crippen LogP contribution in [0.25, 0.3) is 0 Å². The van der Waals surface area contributed by atoms with Gasteiger partial charge in [0, 0.05) is 4.90 Å². The van der Waals surface area contributed by atoms with Crippen LogP contribution in [0.2, 0.25) is 0 Å². The molecule has 0 unspecified atom stereocenters. The molecule has 0 amide bonds. The Labute approximate surface area is 60.8 Å². The largest absolute Gasteiger partial charge is 0.508 e. The fourth-order valence-corrected chi connectivity index (χ4v) is 0.711. The Hall–Kier alpha value is -0.630. The van der Waals surface area contributed by atoms with Crippen LogP contribution < -0.4 is 0 Å². The smallest absolute Gasteiger partial charge is 0.116 e. The molecule has 0 spiro atoms. The number of benzene rings is 1. The molecule has 0 aliphatic rings. The summed E-state index contributed by atoms with van der Waals surface area (Å²) >= 11 is 3.99. The van der Waals surface area contributed by atoms with Crippen LogP contribution in [-0.4, -0.2) is 5.11 Å². The van der Waals surface area contributed by atoms with Crippen molar-refractivity contribution in [1.82, 2.24) is 0 Å². The summed E-state index contributed by atoms with van der Waals surface area (Å²) < 4.78 is 0. The number of rotatable bonds is 0. The molecule has 9 heavy (non-hydrogen) atoms. The number of phenolic OH excluding ortho intramolecular Hbond substituents is 1. The number of phenols is 1. The van der Waals surface area contributed by atoms with Gasteiger partial charge in [0.1, 0.15) is 5.75 Å². The monoisotopic (exact) mass is 142 g/mol. The van der Waals surface area contributed by atoms with E-state index in [4.69, 9.17) is 5.11 Å². The quantitative estimate of drug-likeness (QED) is 0.533. The summed E-state index contributed by atoms with van der Waals surface area (Å²) in [5.74, 6) is 0.262. The Balaban J connectivity index is 0.000000640. The van der Waals surface area contributed by atoms with E-state index in [1.807, 2.05) is 6.07 Å². The van der Waals surface area contributed by atoms with Gasteiger partial charge in [0.25, 0.3) is 0 Å². The normalized spacial score (nSPS) is 8.11. The van der Waals surface area contributed by atoms with E-state index in [1.54, 1.807) is 18.2 Å². The topological polar surface area (TPSA) is 20.2 Å². The molecule has 0 fully saturated rings. The molecule has 1 aromatic carbocycles. The molecule has 50 valence electrons. The van der Waals surface area contributed by atoms with Gasteiger partial charge in [-0.1, -0.05) is 13.5 Å². The second-order valence-corrected chi connectivity index (χ2v) is 2.04. The van der Waals surface area contributed by atoms with Gasteiger partial charge in [-0.05, 0) is 18.2 Å². The van der Waals surface area contributed by atoms with Gasteiger partial charge in [-0.25, -0.2) is 0 Å². The molecule has 0 aromatic heterocycles. The third-order valence-electron chi connectivity index (χ3n) is 0.830. The van der Waals surface area contributed by atoms with Crippen molar-refractivity contribution in [3.63, 3.8) is 0 Å². The van der Waals surface area contributed by atoms with Gasteiger partial charge < -0.3 is 5.11 Å². The predicted molar refractivity (Wildman–Crippen MR) is 42.1 cm³/mol. The average Bonchev–Trinajstić information content (AvgIpc) is 1.64. The first-order valence-electron chi connectivity index (χ1n) is 2.27. The van der Waals surface area contributed by atoms with Crippen LogP contribution in [0.1, 0.15) is 7.43 Å². The van der Waals surface area contributed by atoms with E-state index in [9.17, 15) is 0 Å². The van der Waals surface area contributed by atoms with Crippen molar-refractivity contribution >= 4 is 12.6 Å². The molecule has 1 nitrogen and oxygen atoms in total. The minimum absolute atomic E-state index is 0. The van der Waals surface area contributed by atoms with Crippen LogP contribution >= 0.6 is 12.6 Å². The zero-order valence-corrected chi connectivity index (χ0v) is 5.10. The van der Waals surface area contributed by atoms with Gasteiger partial charge in [0.2, 0.25) is 0 Å². The highest BCUT2D eigenvalue weighted by molar-refractivity contribution is 7.80. The molecule has 1 aromatic rings. The molecule has 0 radical (unpaired) electrons. The van der Waals surface area contributed by atoms with Crippen LogP contribution in [0.4, 0.5) is 0 Å². The molecule has 1 N–H and O–H groups in total. The van der Waals surface area contributed by atoms with Crippen LogP contribution in [0.5, 0.6) is 5.75 Å². The Bertz CT molecular complexity index is 169. The summed E-state index contributed by atoms with van der Waals surface area (Å²) in [6.07, 6.45) is 0. The van der Waals surface area contributed by atoms with Gasteiger partial charge in [0.05, 0.1) is 0 Å². The van der Waals surface area contributed by atoms with Crippen LogP contribution in [0.3, 0.4) is 0 Å². The molecular formula is C7H10OS. The fraction of sp³-hybridized carbons (Fsp3) is 0.143. The summed E-state index contributed by atoms with van der Waals surface area (Å²) in [6.45, 7) is 0. The van der Waals surface area contributed by atoms with Crippen molar-refractivity contribution in [3.05, 3.63) is 24.3 Å². The van der Waals surface area contributed by atoms with Crippen LogP contribution in [-0.2, 0) is 0 Å². The van der Waals surface area contributed by atoms with E-state index in [-0.39, 0.29) is 13.2 Å². The van der Waals surface area contributed by atoms with E-state index in [0.717, 1.165) is 4.90 Å². The maximum absolute atomic E-state index is 8.76. The second kappa shape index (κ2) is 3.41. The Kier molecular flexibility index (Phi) is 3.17. The first-order valence-corrected chi connectivity index (χ1v) is 2.72. The molecule has 0 saturated carbocycles. The van der Waals surface area contributed by atoms with E-state index in [2.05, 4.69) is 12.6 Å². The molecule has 0 bridgehead atoms. The number of hydrogen-bond acceptors (Lipinski definition) is 2. The zero-order chi connectivity index (χ0) is 5.98. The van der Waals surface area contributed by atoms with Crippen LogP contribution in [0.15, 0.2) is 29.2 Å². The first-order chi connectivity index (χ1) is 3.79. The minimum atomic E-state index is 0. The van der Waals surface area contributed by atoms with Crippen molar-refractivity contribution in [1.29, 1.82) is 0 Å². The lowest BCUT2D eigenvalue weighted by Gasteiger charge is -1.89. The number of aromatic hydroxyl groups is 1. The molecule has 0 atom stereocenters.